The van der Waals surface area contributed by atoms with E-state index in [0.717, 1.165) is 16.9 Å². The Morgan fingerprint density at radius 2 is 1.75 bits per heavy atom. The zero-order valence-corrected chi connectivity index (χ0v) is 15.2. The third kappa shape index (κ3) is 4.38. The van der Waals surface area contributed by atoms with Gasteiger partial charge in [0.1, 0.15) is 5.75 Å². The van der Waals surface area contributed by atoms with Crippen molar-refractivity contribution in [1.29, 1.82) is 0 Å². The summed E-state index contributed by atoms with van der Waals surface area (Å²) in [4.78, 5) is 12.6. The van der Waals surface area contributed by atoms with Gasteiger partial charge in [-0.3, -0.25) is 4.79 Å². The number of carbonyl (C=O) groups excluding carboxylic acids is 1. The van der Waals surface area contributed by atoms with Crippen molar-refractivity contribution in [1.82, 2.24) is 5.32 Å². The fourth-order valence-corrected chi connectivity index (χ4v) is 2.59. The van der Waals surface area contributed by atoms with Crippen LogP contribution in [-0.4, -0.2) is 12.0 Å². The van der Waals surface area contributed by atoms with Gasteiger partial charge in [0.15, 0.2) is 6.10 Å². The van der Waals surface area contributed by atoms with Crippen molar-refractivity contribution < 1.29 is 9.53 Å². The third-order valence-corrected chi connectivity index (χ3v) is 4.42. The van der Waals surface area contributed by atoms with Crippen LogP contribution in [0.15, 0.2) is 42.5 Å². The first-order valence-electron chi connectivity index (χ1n) is 8.52. The molecule has 128 valence electrons. The van der Waals surface area contributed by atoms with Crippen molar-refractivity contribution >= 4 is 5.91 Å². The lowest BCUT2D eigenvalue weighted by molar-refractivity contribution is -0.128. The van der Waals surface area contributed by atoms with Crippen molar-refractivity contribution in [3.05, 3.63) is 64.7 Å². The van der Waals surface area contributed by atoms with Gasteiger partial charge in [0, 0.05) is 0 Å². The highest BCUT2D eigenvalue weighted by Gasteiger charge is 2.21. The highest BCUT2D eigenvalue weighted by Crippen LogP contribution is 2.20. The molecule has 3 heteroatoms. The van der Waals surface area contributed by atoms with Crippen molar-refractivity contribution in [2.75, 3.05) is 0 Å². The molecule has 0 fully saturated rings. The van der Waals surface area contributed by atoms with Gasteiger partial charge >= 0.3 is 0 Å². The molecule has 0 saturated carbocycles. The summed E-state index contributed by atoms with van der Waals surface area (Å²) in [6, 6.07) is 14.0. The Morgan fingerprint density at radius 3 is 2.38 bits per heavy atom. The molecule has 0 heterocycles. The van der Waals surface area contributed by atoms with Crippen molar-refractivity contribution in [2.45, 2.75) is 53.2 Å². The standard InChI is InChI=1S/C21H27NO2/c1-6-19(24-20-10-8-7-9-15(20)3)21(23)22-17(5)18-12-11-14(2)16(4)13-18/h7-13,17,19H,6H2,1-5H3,(H,22,23)/t17-,19-/m0/s1. The van der Waals surface area contributed by atoms with E-state index < -0.39 is 6.10 Å². The summed E-state index contributed by atoms with van der Waals surface area (Å²) in [5.41, 5.74) is 4.63. The van der Waals surface area contributed by atoms with Crippen LogP contribution in [0.4, 0.5) is 0 Å². The number of ether oxygens (including phenoxy) is 1. The topological polar surface area (TPSA) is 38.3 Å². The number of hydrogen-bond donors (Lipinski definition) is 1. The molecule has 0 saturated heterocycles. The first kappa shape index (κ1) is 18.1. The molecule has 0 aliphatic carbocycles. The fourth-order valence-electron chi connectivity index (χ4n) is 2.59. The van der Waals surface area contributed by atoms with Crippen molar-refractivity contribution in [3.63, 3.8) is 0 Å². The minimum Gasteiger partial charge on any atom is -0.480 e. The molecule has 1 N–H and O–H groups in total. The molecule has 2 atom stereocenters. The minimum atomic E-state index is -0.486. The number of nitrogens with one attached hydrogen (secondary N) is 1. The second kappa shape index (κ2) is 8.00. The molecular formula is C21H27NO2. The van der Waals surface area contributed by atoms with Gasteiger partial charge < -0.3 is 10.1 Å². The smallest absolute Gasteiger partial charge is 0.261 e. The molecule has 2 rings (SSSR count). The van der Waals surface area contributed by atoms with Crippen LogP contribution >= 0.6 is 0 Å². The van der Waals surface area contributed by atoms with Gasteiger partial charge in [-0.2, -0.15) is 0 Å². The molecule has 24 heavy (non-hydrogen) atoms. The summed E-state index contributed by atoms with van der Waals surface area (Å²) < 4.78 is 5.92. The normalized spacial score (nSPS) is 13.2. The molecule has 2 aromatic rings. The summed E-state index contributed by atoms with van der Waals surface area (Å²) >= 11 is 0. The van der Waals surface area contributed by atoms with Crippen LogP contribution in [0.1, 0.15) is 48.6 Å². The predicted octanol–water partition coefficient (Wildman–Crippen LogP) is 4.65. The van der Waals surface area contributed by atoms with E-state index in [9.17, 15) is 4.79 Å². The summed E-state index contributed by atoms with van der Waals surface area (Å²) in [6.45, 7) is 10.1. The molecule has 3 nitrogen and oxygen atoms in total. The predicted molar refractivity (Wildman–Crippen MR) is 98.4 cm³/mol. The number of para-hydroxylation sites is 1. The van der Waals surface area contributed by atoms with E-state index >= 15 is 0 Å². The Balaban J connectivity index is 2.05. The second-order valence-electron chi connectivity index (χ2n) is 6.35. The lowest BCUT2D eigenvalue weighted by atomic mass is 10.0. The monoisotopic (exact) mass is 325 g/mol. The van der Waals surface area contributed by atoms with Gasteiger partial charge in [0.25, 0.3) is 5.91 Å². The maximum absolute atomic E-state index is 12.6. The van der Waals surface area contributed by atoms with E-state index in [1.54, 1.807) is 0 Å². The maximum atomic E-state index is 12.6. The van der Waals surface area contributed by atoms with Gasteiger partial charge in [-0.25, -0.2) is 0 Å². The van der Waals surface area contributed by atoms with Gasteiger partial charge in [0.2, 0.25) is 0 Å². The molecule has 2 aromatic carbocycles. The van der Waals surface area contributed by atoms with Crippen LogP contribution in [0.25, 0.3) is 0 Å². The maximum Gasteiger partial charge on any atom is 0.261 e. The molecule has 0 bridgehead atoms. The average Bonchev–Trinajstić information content (AvgIpc) is 2.56. The van der Waals surface area contributed by atoms with Crippen LogP contribution in [0, 0.1) is 20.8 Å². The summed E-state index contributed by atoms with van der Waals surface area (Å²) in [5, 5.41) is 3.07. The number of hydrogen-bond acceptors (Lipinski definition) is 2. The van der Waals surface area contributed by atoms with E-state index in [1.165, 1.54) is 11.1 Å². The Bertz CT molecular complexity index is 709. The van der Waals surface area contributed by atoms with E-state index in [-0.39, 0.29) is 11.9 Å². The van der Waals surface area contributed by atoms with Crippen LogP contribution in [0.5, 0.6) is 5.75 Å². The fraction of sp³-hybridized carbons (Fsp3) is 0.381. The zero-order valence-electron chi connectivity index (χ0n) is 15.2. The SMILES string of the molecule is CC[C@H](Oc1ccccc1C)C(=O)N[C@@H](C)c1ccc(C)c(C)c1. The van der Waals surface area contributed by atoms with Gasteiger partial charge in [0.05, 0.1) is 6.04 Å². The van der Waals surface area contributed by atoms with E-state index in [0.29, 0.717) is 6.42 Å². The molecule has 0 radical (unpaired) electrons. The first-order chi connectivity index (χ1) is 11.4. The van der Waals surface area contributed by atoms with E-state index in [4.69, 9.17) is 4.74 Å². The van der Waals surface area contributed by atoms with Crippen LogP contribution in [0.2, 0.25) is 0 Å². The number of benzene rings is 2. The molecule has 0 aliphatic rings. The van der Waals surface area contributed by atoms with Crippen molar-refractivity contribution in [2.24, 2.45) is 0 Å². The Morgan fingerprint density at radius 1 is 1.04 bits per heavy atom. The largest absolute Gasteiger partial charge is 0.480 e. The number of rotatable bonds is 6. The summed E-state index contributed by atoms with van der Waals surface area (Å²) in [5.74, 6) is 0.685. The minimum absolute atomic E-state index is 0.0497. The summed E-state index contributed by atoms with van der Waals surface area (Å²) in [7, 11) is 0. The van der Waals surface area contributed by atoms with Crippen LogP contribution in [0.3, 0.4) is 0 Å². The Kier molecular flexibility index (Phi) is 6.02. The molecule has 0 aliphatic heterocycles. The van der Waals surface area contributed by atoms with Gasteiger partial charge in [-0.05, 0) is 62.4 Å². The number of amides is 1. The lowest BCUT2D eigenvalue weighted by Crippen LogP contribution is -2.39. The van der Waals surface area contributed by atoms with Crippen LogP contribution in [-0.2, 0) is 4.79 Å². The second-order valence-corrected chi connectivity index (χ2v) is 6.35. The van der Waals surface area contributed by atoms with Gasteiger partial charge in [-0.1, -0.05) is 43.3 Å². The third-order valence-electron chi connectivity index (χ3n) is 4.42. The lowest BCUT2D eigenvalue weighted by Gasteiger charge is -2.22. The molecule has 0 spiro atoms. The molecule has 1 amide bonds. The highest BCUT2D eigenvalue weighted by atomic mass is 16.5. The van der Waals surface area contributed by atoms with E-state index in [2.05, 4.69) is 37.4 Å². The number of carbonyl (C=O) groups is 1. The van der Waals surface area contributed by atoms with Crippen LogP contribution < -0.4 is 10.1 Å². The highest BCUT2D eigenvalue weighted by molar-refractivity contribution is 5.81. The van der Waals surface area contributed by atoms with Gasteiger partial charge in [-0.15, -0.1) is 0 Å². The molecule has 0 aromatic heterocycles. The van der Waals surface area contributed by atoms with E-state index in [1.807, 2.05) is 45.0 Å². The number of aryl methyl sites for hydroxylation is 3. The average molecular weight is 325 g/mol. The Labute approximate surface area is 145 Å². The summed E-state index contributed by atoms with van der Waals surface area (Å²) in [6.07, 6.45) is 0.139. The quantitative estimate of drug-likeness (QED) is 0.840. The zero-order chi connectivity index (χ0) is 17.7. The first-order valence-corrected chi connectivity index (χ1v) is 8.52. The Hall–Kier alpha value is -2.29. The van der Waals surface area contributed by atoms with Crippen molar-refractivity contribution in [3.8, 4) is 5.75 Å². The molecule has 0 unspecified atom stereocenters. The molecular weight excluding hydrogens is 298 g/mol.